The van der Waals surface area contributed by atoms with Crippen LogP contribution in [0.5, 0.6) is 0 Å². The van der Waals surface area contributed by atoms with Gasteiger partial charge in [-0.1, -0.05) is 18.7 Å². The third-order valence-electron chi connectivity index (χ3n) is 3.49. The zero-order chi connectivity index (χ0) is 15.0. The van der Waals surface area contributed by atoms with Crippen molar-refractivity contribution in [3.8, 4) is 11.3 Å². The van der Waals surface area contributed by atoms with E-state index in [4.69, 9.17) is 0 Å². The molecular formula is C15H17N5S. The molecule has 108 valence electrons. The maximum atomic E-state index is 4.64. The van der Waals surface area contributed by atoms with Crippen molar-refractivity contribution in [1.29, 1.82) is 0 Å². The minimum Gasteiger partial charge on any atom is -0.270 e. The van der Waals surface area contributed by atoms with Gasteiger partial charge < -0.3 is 0 Å². The second-order valence-corrected chi connectivity index (χ2v) is 6.15. The summed E-state index contributed by atoms with van der Waals surface area (Å²) >= 11 is 1.63. The Morgan fingerprint density at radius 2 is 1.90 bits per heavy atom. The van der Waals surface area contributed by atoms with E-state index in [-0.39, 0.29) is 0 Å². The molecule has 21 heavy (non-hydrogen) atoms. The van der Waals surface area contributed by atoms with E-state index in [1.807, 2.05) is 24.1 Å². The van der Waals surface area contributed by atoms with E-state index in [1.54, 1.807) is 11.8 Å². The van der Waals surface area contributed by atoms with Crippen molar-refractivity contribution >= 4 is 22.8 Å². The Labute approximate surface area is 127 Å². The number of pyridine rings is 1. The van der Waals surface area contributed by atoms with Crippen molar-refractivity contribution in [2.75, 3.05) is 5.75 Å². The average molecular weight is 299 g/mol. The molecule has 0 atom stereocenters. The largest absolute Gasteiger partial charge is 0.270 e. The molecule has 0 unspecified atom stereocenters. The molecule has 0 aliphatic carbocycles. The van der Waals surface area contributed by atoms with Gasteiger partial charge in [-0.25, -0.2) is 15.0 Å². The Bertz CT molecular complexity index is 792. The third kappa shape index (κ3) is 2.51. The van der Waals surface area contributed by atoms with E-state index in [1.165, 1.54) is 5.56 Å². The van der Waals surface area contributed by atoms with Gasteiger partial charge in [0.05, 0.1) is 5.69 Å². The van der Waals surface area contributed by atoms with Gasteiger partial charge >= 0.3 is 0 Å². The molecule has 3 aromatic rings. The molecule has 0 fully saturated rings. The summed E-state index contributed by atoms with van der Waals surface area (Å²) in [7, 11) is 1.94. The molecule has 6 heteroatoms. The predicted molar refractivity (Wildman–Crippen MR) is 85.4 cm³/mol. The Hall–Kier alpha value is -1.95. The summed E-state index contributed by atoms with van der Waals surface area (Å²) in [5, 5.41) is 6.39. The monoisotopic (exact) mass is 299 g/mol. The van der Waals surface area contributed by atoms with Crippen molar-refractivity contribution in [2.45, 2.75) is 25.9 Å². The highest BCUT2D eigenvalue weighted by Gasteiger charge is 2.12. The normalized spacial score (nSPS) is 11.2. The van der Waals surface area contributed by atoms with Crippen molar-refractivity contribution in [3.63, 3.8) is 0 Å². The van der Waals surface area contributed by atoms with Crippen LogP contribution in [0.1, 0.15) is 18.2 Å². The fourth-order valence-corrected chi connectivity index (χ4v) is 2.87. The summed E-state index contributed by atoms with van der Waals surface area (Å²) in [6, 6.07) is 2.07. The van der Waals surface area contributed by atoms with Gasteiger partial charge in [0.15, 0.2) is 10.8 Å². The lowest BCUT2D eigenvalue weighted by Crippen LogP contribution is -1.92. The Kier molecular flexibility index (Phi) is 3.63. The van der Waals surface area contributed by atoms with Crippen LogP contribution in [0.2, 0.25) is 0 Å². The molecule has 5 nitrogen and oxygen atoms in total. The first kappa shape index (κ1) is 14.0. The van der Waals surface area contributed by atoms with Crippen LogP contribution in [0.3, 0.4) is 0 Å². The molecule has 3 aromatic heterocycles. The SMILES string of the molecule is CCSc1ncc(-c2cc(C)c3c(C)n(C)nc3n2)cn1. The Morgan fingerprint density at radius 1 is 1.19 bits per heavy atom. The standard InChI is InChI=1S/C15H17N5S/c1-5-21-15-16-7-11(8-17-15)12-6-9(2)13-10(3)20(4)19-14(13)18-12/h6-8H,5H2,1-4H3. The van der Waals surface area contributed by atoms with E-state index in [9.17, 15) is 0 Å². The lowest BCUT2D eigenvalue weighted by Gasteiger charge is -2.04. The molecule has 0 aliphatic heterocycles. The fourth-order valence-electron chi connectivity index (χ4n) is 2.35. The summed E-state index contributed by atoms with van der Waals surface area (Å²) in [5.41, 5.74) is 4.87. The summed E-state index contributed by atoms with van der Waals surface area (Å²) in [6.07, 6.45) is 3.66. The molecule has 0 amide bonds. The smallest absolute Gasteiger partial charge is 0.187 e. The first-order valence-corrected chi connectivity index (χ1v) is 7.85. The van der Waals surface area contributed by atoms with Crippen molar-refractivity contribution in [1.82, 2.24) is 24.7 Å². The summed E-state index contributed by atoms with van der Waals surface area (Å²) < 4.78 is 1.87. The molecule has 0 saturated heterocycles. The zero-order valence-corrected chi connectivity index (χ0v) is 13.4. The van der Waals surface area contributed by atoms with Gasteiger partial charge in [0.1, 0.15) is 0 Å². The van der Waals surface area contributed by atoms with Crippen LogP contribution in [-0.2, 0) is 7.05 Å². The average Bonchev–Trinajstić information content (AvgIpc) is 2.75. The highest BCUT2D eigenvalue weighted by atomic mass is 32.2. The van der Waals surface area contributed by atoms with Crippen LogP contribution in [0, 0.1) is 13.8 Å². The van der Waals surface area contributed by atoms with E-state index >= 15 is 0 Å². The molecule has 3 rings (SSSR count). The molecular weight excluding hydrogens is 282 g/mol. The molecule has 0 spiro atoms. The number of fused-ring (bicyclic) bond motifs is 1. The van der Waals surface area contributed by atoms with Gasteiger partial charge in [0.25, 0.3) is 0 Å². The van der Waals surface area contributed by atoms with Gasteiger partial charge in [0, 0.05) is 36.1 Å². The number of aromatic nitrogens is 5. The number of aryl methyl sites for hydroxylation is 3. The lowest BCUT2D eigenvalue weighted by molar-refractivity contribution is 0.748. The van der Waals surface area contributed by atoms with Crippen LogP contribution < -0.4 is 0 Å². The topological polar surface area (TPSA) is 56.5 Å². The first-order chi connectivity index (χ1) is 10.1. The molecule has 0 aromatic carbocycles. The van der Waals surface area contributed by atoms with Gasteiger partial charge in [-0.3, -0.25) is 4.68 Å². The minimum absolute atomic E-state index is 0.775. The number of hydrogen-bond acceptors (Lipinski definition) is 5. The maximum Gasteiger partial charge on any atom is 0.187 e. The molecule has 0 radical (unpaired) electrons. The van der Waals surface area contributed by atoms with Gasteiger partial charge in [-0.05, 0) is 31.2 Å². The van der Waals surface area contributed by atoms with Crippen LogP contribution in [-0.4, -0.2) is 30.5 Å². The van der Waals surface area contributed by atoms with E-state index in [2.05, 4.69) is 46.9 Å². The fraction of sp³-hybridized carbons (Fsp3) is 0.333. The number of rotatable bonds is 3. The summed E-state index contributed by atoms with van der Waals surface area (Å²) in [6.45, 7) is 6.23. The molecule has 3 heterocycles. The second-order valence-electron chi connectivity index (χ2n) is 4.92. The number of nitrogens with zero attached hydrogens (tertiary/aromatic N) is 5. The van der Waals surface area contributed by atoms with Crippen molar-refractivity contribution < 1.29 is 0 Å². The lowest BCUT2D eigenvalue weighted by atomic mass is 10.1. The molecule has 0 bridgehead atoms. The second kappa shape index (κ2) is 5.44. The number of thioether (sulfide) groups is 1. The van der Waals surface area contributed by atoms with Crippen LogP contribution >= 0.6 is 11.8 Å². The van der Waals surface area contributed by atoms with Crippen molar-refractivity contribution in [2.24, 2.45) is 7.05 Å². The Morgan fingerprint density at radius 3 is 2.57 bits per heavy atom. The summed E-state index contributed by atoms with van der Waals surface area (Å²) in [4.78, 5) is 13.4. The quantitative estimate of drug-likeness (QED) is 0.549. The highest BCUT2D eigenvalue weighted by Crippen LogP contribution is 2.25. The minimum atomic E-state index is 0.775. The molecule has 0 N–H and O–H groups in total. The molecule has 0 aliphatic rings. The first-order valence-electron chi connectivity index (χ1n) is 6.86. The van der Waals surface area contributed by atoms with Crippen molar-refractivity contribution in [3.05, 3.63) is 29.7 Å². The predicted octanol–water partition coefficient (Wildman–Crippen LogP) is 3.15. The zero-order valence-electron chi connectivity index (χ0n) is 12.6. The highest BCUT2D eigenvalue weighted by molar-refractivity contribution is 7.99. The van der Waals surface area contributed by atoms with Crippen LogP contribution in [0.15, 0.2) is 23.6 Å². The van der Waals surface area contributed by atoms with Gasteiger partial charge in [-0.2, -0.15) is 5.10 Å². The Balaban J connectivity index is 2.08. The van der Waals surface area contributed by atoms with Crippen LogP contribution in [0.25, 0.3) is 22.3 Å². The third-order valence-corrected chi connectivity index (χ3v) is 4.24. The maximum absolute atomic E-state index is 4.64. The molecule has 0 saturated carbocycles. The summed E-state index contributed by atoms with van der Waals surface area (Å²) in [5.74, 6) is 0.968. The van der Waals surface area contributed by atoms with Gasteiger partial charge in [-0.15, -0.1) is 0 Å². The van der Waals surface area contributed by atoms with E-state index in [0.717, 1.165) is 38.9 Å². The van der Waals surface area contributed by atoms with E-state index < -0.39 is 0 Å². The number of hydrogen-bond donors (Lipinski definition) is 0. The van der Waals surface area contributed by atoms with Crippen LogP contribution in [0.4, 0.5) is 0 Å². The van der Waals surface area contributed by atoms with E-state index in [0.29, 0.717) is 0 Å². The van der Waals surface area contributed by atoms with Gasteiger partial charge in [0.2, 0.25) is 0 Å².